The molecule has 0 unspecified atom stereocenters. The van der Waals surface area contributed by atoms with Crippen LogP contribution in [0, 0.1) is 13.8 Å². The summed E-state index contributed by atoms with van der Waals surface area (Å²) in [4.78, 5) is 34.4. The van der Waals surface area contributed by atoms with Crippen molar-refractivity contribution in [1.82, 2.24) is 9.88 Å². The van der Waals surface area contributed by atoms with Crippen molar-refractivity contribution in [3.8, 4) is 0 Å². The van der Waals surface area contributed by atoms with E-state index in [2.05, 4.69) is 6.07 Å². The van der Waals surface area contributed by atoms with Gasteiger partial charge in [-0.3, -0.25) is 9.69 Å². The number of para-hydroxylation sites is 1. The highest BCUT2D eigenvalue weighted by atomic mass is 32.1. The molecule has 0 saturated heterocycles. The molecule has 0 radical (unpaired) electrons. The lowest BCUT2D eigenvalue weighted by molar-refractivity contribution is 0.0982. The maximum Gasteiger partial charge on any atom is 0.349 e. The Morgan fingerprint density at radius 2 is 1.87 bits per heavy atom. The topological polar surface area (TPSA) is 66.7 Å². The normalized spacial score (nSPS) is 11.5. The number of hydrogen-bond acceptors (Lipinski definition) is 6. The van der Waals surface area contributed by atoms with Crippen LogP contribution in [0.4, 0.5) is 5.13 Å². The molecule has 0 atom stereocenters. The molecule has 2 aromatic carbocycles. The molecule has 0 fully saturated rings. The van der Waals surface area contributed by atoms with E-state index in [1.54, 1.807) is 23.1 Å². The molecular formula is C23H23N3O3S. The van der Waals surface area contributed by atoms with Gasteiger partial charge in [0.2, 0.25) is 0 Å². The minimum Gasteiger partial charge on any atom is -0.422 e. The monoisotopic (exact) mass is 421 g/mol. The first-order valence-electron chi connectivity index (χ1n) is 9.71. The summed E-state index contributed by atoms with van der Waals surface area (Å²) in [6, 6.07) is 12.9. The van der Waals surface area contributed by atoms with E-state index in [9.17, 15) is 9.59 Å². The van der Waals surface area contributed by atoms with Gasteiger partial charge in [-0.2, -0.15) is 0 Å². The lowest BCUT2D eigenvalue weighted by atomic mass is 10.1. The quantitative estimate of drug-likeness (QED) is 0.451. The molecule has 0 spiro atoms. The Labute approximate surface area is 178 Å². The van der Waals surface area contributed by atoms with Gasteiger partial charge in [0.05, 0.1) is 10.2 Å². The molecule has 6 nitrogen and oxygen atoms in total. The Morgan fingerprint density at radius 3 is 2.63 bits per heavy atom. The molecule has 0 N–H and O–H groups in total. The summed E-state index contributed by atoms with van der Waals surface area (Å²) in [5, 5.41) is 1.29. The summed E-state index contributed by atoms with van der Waals surface area (Å²) in [6.45, 7) is 5.13. The number of likely N-dealkylation sites (N-methyl/N-ethyl adjacent to an activating group) is 1. The standard InChI is InChI=1S/C23H23N3O3S/c1-14-9-10-19-20(15(14)2)24-23(30-19)26(12-11-25(3)4)21(27)17-13-16-7-5-6-8-18(16)29-22(17)28/h5-10,13H,11-12H2,1-4H3. The molecule has 1 amide bonds. The number of aromatic nitrogens is 1. The van der Waals surface area contributed by atoms with Crippen molar-refractivity contribution in [2.45, 2.75) is 13.8 Å². The van der Waals surface area contributed by atoms with Gasteiger partial charge in [0.15, 0.2) is 5.13 Å². The highest BCUT2D eigenvalue weighted by Gasteiger charge is 2.25. The zero-order valence-corrected chi connectivity index (χ0v) is 18.2. The number of nitrogens with zero attached hydrogens (tertiary/aromatic N) is 3. The van der Waals surface area contributed by atoms with Crippen molar-refractivity contribution in [3.63, 3.8) is 0 Å². The number of rotatable bonds is 5. The van der Waals surface area contributed by atoms with Gasteiger partial charge in [-0.25, -0.2) is 9.78 Å². The van der Waals surface area contributed by atoms with Crippen molar-refractivity contribution >= 4 is 43.6 Å². The maximum absolute atomic E-state index is 13.5. The third-order valence-electron chi connectivity index (χ3n) is 5.19. The van der Waals surface area contributed by atoms with Crippen molar-refractivity contribution in [2.75, 3.05) is 32.1 Å². The van der Waals surface area contributed by atoms with Crippen molar-refractivity contribution in [1.29, 1.82) is 0 Å². The van der Waals surface area contributed by atoms with Crippen LogP contribution < -0.4 is 10.5 Å². The van der Waals surface area contributed by atoms with Gasteiger partial charge in [-0.1, -0.05) is 35.6 Å². The van der Waals surface area contributed by atoms with Crippen LogP contribution >= 0.6 is 11.3 Å². The number of benzene rings is 2. The van der Waals surface area contributed by atoms with E-state index < -0.39 is 11.5 Å². The van der Waals surface area contributed by atoms with Gasteiger partial charge >= 0.3 is 5.63 Å². The molecule has 0 aliphatic heterocycles. The summed E-state index contributed by atoms with van der Waals surface area (Å²) < 4.78 is 6.40. The van der Waals surface area contributed by atoms with E-state index in [4.69, 9.17) is 9.40 Å². The minimum absolute atomic E-state index is 0.0135. The Kier molecular flexibility index (Phi) is 5.40. The number of aryl methyl sites for hydroxylation is 2. The molecule has 30 heavy (non-hydrogen) atoms. The molecule has 7 heteroatoms. The average molecular weight is 422 g/mol. The van der Waals surface area contributed by atoms with Crippen LogP contribution in [0.2, 0.25) is 0 Å². The Morgan fingerprint density at radius 1 is 1.10 bits per heavy atom. The summed E-state index contributed by atoms with van der Waals surface area (Å²) in [7, 11) is 3.89. The Hall–Kier alpha value is -3.03. The largest absolute Gasteiger partial charge is 0.422 e. The van der Waals surface area contributed by atoms with Gasteiger partial charge in [-0.05, 0) is 57.3 Å². The van der Waals surface area contributed by atoms with Gasteiger partial charge < -0.3 is 9.32 Å². The summed E-state index contributed by atoms with van der Waals surface area (Å²) in [5.74, 6) is -0.398. The fourth-order valence-electron chi connectivity index (χ4n) is 3.27. The van der Waals surface area contributed by atoms with Crippen LogP contribution in [0.1, 0.15) is 21.5 Å². The fraction of sp³-hybridized carbons (Fsp3) is 0.261. The van der Waals surface area contributed by atoms with Gasteiger partial charge in [0, 0.05) is 18.5 Å². The zero-order valence-electron chi connectivity index (χ0n) is 17.4. The second-order valence-electron chi connectivity index (χ2n) is 7.60. The van der Waals surface area contributed by atoms with Crippen molar-refractivity contribution in [3.05, 3.63) is 69.6 Å². The van der Waals surface area contributed by atoms with Crippen LogP contribution in [0.25, 0.3) is 21.2 Å². The van der Waals surface area contributed by atoms with Gasteiger partial charge in [0.1, 0.15) is 11.1 Å². The Balaban J connectivity index is 1.81. The summed E-state index contributed by atoms with van der Waals surface area (Å²) in [5.41, 5.74) is 2.98. The number of carbonyl (C=O) groups excluding carboxylic acids is 1. The third-order valence-corrected chi connectivity index (χ3v) is 6.24. The van der Waals surface area contributed by atoms with Crippen molar-refractivity contribution in [2.24, 2.45) is 0 Å². The van der Waals surface area contributed by atoms with E-state index in [1.807, 2.05) is 51.0 Å². The first-order chi connectivity index (χ1) is 14.3. The number of amides is 1. The highest BCUT2D eigenvalue weighted by Crippen LogP contribution is 2.32. The van der Waals surface area contributed by atoms with E-state index in [0.29, 0.717) is 29.2 Å². The highest BCUT2D eigenvalue weighted by molar-refractivity contribution is 7.22. The second-order valence-corrected chi connectivity index (χ2v) is 8.61. The van der Waals surface area contributed by atoms with Crippen LogP contribution in [0.15, 0.2) is 51.7 Å². The molecule has 0 aliphatic rings. The van der Waals surface area contributed by atoms with Gasteiger partial charge in [0.25, 0.3) is 5.91 Å². The predicted octanol–water partition coefficient (Wildman–Crippen LogP) is 4.23. The molecule has 154 valence electrons. The van der Waals surface area contributed by atoms with E-state index in [0.717, 1.165) is 21.3 Å². The van der Waals surface area contributed by atoms with Gasteiger partial charge in [-0.15, -0.1) is 0 Å². The molecule has 2 aromatic heterocycles. The van der Waals surface area contributed by atoms with E-state index >= 15 is 0 Å². The van der Waals surface area contributed by atoms with E-state index in [1.165, 1.54) is 11.3 Å². The molecule has 4 rings (SSSR count). The number of anilines is 1. The smallest absolute Gasteiger partial charge is 0.349 e. The molecule has 0 aliphatic carbocycles. The molecule has 0 saturated carbocycles. The SMILES string of the molecule is Cc1ccc2sc(N(CCN(C)C)C(=O)c3cc4ccccc4oc3=O)nc2c1C. The first kappa shape index (κ1) is 20.3. The average Bonchev–Trinajstić information content (AvgIpc) is 3.14. The van der Waals surface area contributed by atoms with E-state index in [-0.39, 0.29) is 5.56 Å². The second kappa shape index (κ2) is 8.01. The van der Waals surface area contributed by atoms with Crippen LogP contribution in [-0.2, 0) is 0 Å². The minimum atomic E-state index is -0.637. The molecule has 4 aromatic rings. The van der Waals surface area contributed by atoms with Crippen LogP contribution in [-0.4, -0.2) is 43.0 Å². The third kappa shape index (κ3) is 3.74. The number of thiazole rings is 1. The zero-order chi connectivity index (χ0) is 21.4. The summed E-state index contributed by atoms with van der Waals surface area (Å²) >= 11 is 1.46. The Bertz CT molecular complexity index is 1310. The molecule has 0 bridgehead atoms. The fourth-order valence-corrected chi connectivity index (χ4v) is 4.32. The number of fused-ring (bicyclic) bond motifs is 2. The molecule has 2 heterocycles. The van der Waals surface area contributed by atoms with Crippen LogP contribution in [0.3, 0.4) is 0 Å². The first-order valence-corrected chi connectivity index (χ1v) is 10.5. The lowest BCUT2D eigenvalue weighted by Gasteiger charge is -2.21. The lowest BCUT2D eigenvalue weighted by Crippen LogP contribution is -2.38. The molecular weight excluding hydrogens is 398 g/mol. The number of carbonyl (C=O) groups is 1. The van der Waals surface area contributed by atoms with Crippen molar-refractivity contribution < 1.29 is 9.21 Å². The maximum atomic E-state index is 13.5. The number of hydrogen-bond donors (Lipinski definition) is 0. The summed E-state index contributed by atoms with van der Waals surface area (Å²) in [6.07, 6.45) is 0. The van der Waals surface area contributed by atoms with Crippen LogP contribution in [0.5, 0.6) is 0 Å². The predicted molar refractivity (Wildman–Crippen MR) is 122 cm³/mol.